The molecule has 1 aromatic rings. The molecule has 27 heavy (non-hydrogen) atoms. The van der Waals surface area contributed by atoms with E-state index in [0.29, 0.717) is 32.0 Å². The Kier molecular flexibility index (Phi) is 6.13. The van der Waals surface area contributed by atoms with Gasteiger partial charge in [-0.25, -0.2) is 22.8 Å². The minimum absolute atomic E-state index is 0.105. The molecule has 0 radical (unpaired) electrons. The summed E-state index contributed by atoms with van der Waals surface area (Å²) in [6.45, 7) is 7.53. The smallest absolute Gasteiger partial charge is 0.225 e. The van der Waals surface area contributed by atoms with Crippen LogP contribution in [0.3, 0.4) is 0 Å². The SMILES string of the molecule is CC(C)NC(=NCC1CCS(=O)(=O)C1)N1CCN(c2ncc(F)cn2)CC1. The molecule has 3 heterocycles. The van der Waals surface area contributed by atoms with Gasteiger partial charge in [0.05, 0.1) is 23.9 Å². The normalized spacial score (nSPS) is 23.1. The van der Waals surface area contributed by atoms with Crippen molar-refractivity contribution in [1.82, 2.24) is 20.2 Å². The number of nitrogens with zero attached hydrogens (tertiary/aromatic N) is 5. The number of aliphatic imine (C=N–C) groups is 1. The summed E-state index contributed by atoms with van der Waals surface area (Å²) < 4.78 is 36.3. The number of nitrogens with one attached hydrogen (secondary N) is 1. The highest BCUT2D eigenvalue weighted by Crippen LogP contribution is 2.19. The zero-order valence-electron chi connectivity index (χ0n) is 15.8. The molecule has 0 spiro atoms. The van der Waals surface area contributed by atoms with E-state index in [1.165, 1.54) is 12.4 Å². The lowest BCUT2D eigenvalue weighted by molar-refractivity contribution is 0.364. The lowest BCUT2D eigenvalue weighted by atomic mass is 10.1. The van der Waals surface area contributed by atoms with E-state index >= 15 is 0 Å². The van der Waals surface area contributed by atoms with Crippen molar-refractivity contribution >= 4 is 21.7 Å². The predicted octanol–water partition coefficient (Wildman–Crippen LogP) is 0.526. The first kappa shape index (κ1) is 19.8. The average molecular weight is 399 g/mol. The van der Waals surface area contributed by atoms with Crippen LogP contribution in [0.2, 0.25) is 0 Å². The van der Waals surface area contributed by atoms with Gasteiger partial charge in [0.15, 0.2) is 21.6 Å². The van der Waals surface area contributed by atoms with Crippen molar-refractivity contribution in [2.45, 2.75) is 26.3 Å². The minimum atomic E-state index is -2.88. The zero-order valence-corrected chi connectivity index (χ0v) is 16.6. The lowest BCUT2D eigenvalue weighted by Gasteiger charge is -2.37. The van der Waals surface area contributed by atoms with E-state index in [0.717, 1.165) is 19.0 Å². The Morgan fingerprint density at radius 1 is 1.30 bits per heavy atom. The van der Waals surface area contributed by atoms with Gasteiger partial charge in [-0.05, 0) is 26.2 Å². The van der Waals surface area contributed by atoms with Crippen molar-refractivity contribution in [3.63, 3.8) is 0 Å². The fourth-order valence-electron chi connectivity index (χ4n) is 3.31. The van der Waals surface area contributed by atoms with Crippen LogP contribution < -0.4 is 10.2 Å². The number of anilines is 1. The molecule has 0 saturated carbocycles. The van der Waals surface area contributed by atoms with Gasteiger partial charge >= 0.3 is 0 Å². The van der Waals surface area contributed by atoms with Crippen LogP contribution in [0.25, 0.3) is 0 Å². The van der Waals surface area contributed by atoms with Crippen LogP contribution in [0.5, 0.6) is 0 Å². The molecule has 150 valence electrons. The third kappa shape index (κ3) is 5.50. The third-order valence-corrected chi connectivity index (χ3v) is 6.55. The summed E-state index contributed by atoms with van der Waals surface area (Å²) in [5.41, 5.74) is 0. The quantitative estimate of drug-likeness (QED) is 0.584. The maximum absolute atomic E-state index is 13.0. The summed E-state index contributed by atoms with van der Waals surface area (Å²) in [5.74, 6) is 1.52. The van der Waals surface area contributed by atoms with Gasteiger partial charge in [-0.1, -0.05) is 0 Å². The number of hydrogen-bond acceptors (Lipinski definition) is 6. The first-order valence-corrected chi connectivity index (χ1v) is 11.1. The van der Waals surface area contributed by atoms with Crippen molar-refractivity contribution in [1.29, 1.82) is 0 Å². The zero-order chi connectivity index (χ0) is 19.4. The highest BCUT2D eigenvalue weighted by Gasteiger charge is 2.28. The van der Waals surface area contributed by atoms with Crippen LogP contribution >= 0.6 is 0 Å². The number of rotatable bonds is 4. The molecule has 2 saturated heterocycles. The number of hydrogen-bond donors (Lipinski definition) is 1. The summed E-state index contributed by atoms with van der Waals surface area (Å²) in [6, 6.07) is 0.231. The molecule has 2 aliphatic rings. The van der Waals surface area contributed by atoms with Gasteiger partial charge in [0.25, 0.3) is 0 Å². The molecule has 0 bridgehead atoms. The number of aromatic nitrogens is 2. The Morgan fingerprint density at radius 3 is 2.52 bits per heavy atom. The molecule has 1 atom stereocenters. The maximum Gasteiger partial charge on any atom is 0.225 e. The van der Waals surface area contributed by atoms with Gasteiger partial charge < -0.3 is 15.1 Å². The van der Waals surface area contributed by atoms with Gasteiger partial charge in [-0.15, -0.1) is 0 Å². The van der Waals surface area contributed by atoms with Crippen molar-refractivity contribution < 1.29 is 12.8 Å². The summed E-state index contributed by atoms with van der Waals surface area (Å²) in [4.78, 5) is 17.0. The molecule has 0 aliphatic carbocycles. The monoisotopic (exact) mass is 398 g/mol. The van der Waals surface area contributed by atoms with E-state index in [1.54, 1.807) is 0 Å². The van der Waals surface area contributed by atoms with Gasteiger partial charge in [-0.2, -0.15) is 0 Å². The molecule has 3 rings (SSSR count). The molecular formula is C17H27FN6O2S. The number of sulfone groups is 1. The van der Waals surface area contributed by atoms with Crippen molar-refractivity contribution in [3.8, 4) is 0 Å². The highest BCUT2D eigenvalue weighted by atomic mass is 32.2. The van der Waals surface area contributed by atoms with Crippen molar-refractivity contribution in [3.05, 3.63) is 18.2 Å². The van der Waals surface area contributed by atoms with E-state index < -0.39 is 15.7 Å². The maximum atomic E-state index is 13.0. The van der Waals surface area contributed by atoms with Gasteiger partial charge in [-0.3, -0.25) is 4.99 Å². The fourth-order valence-corrected chi connectivity index (χ4v) is 5.16. The number of halogens is 1. The molecule has 10 heteroatoms. The van der Waals surface area contributed by atoms with Crippen LogP contribution in [-0.2, 0) is 9.84 Å². The average Bonchev–Trinajstić information content (AvgIpc) is 2.98. The Hall–Kier alpha value is -1.97. The van der Waals surface area contributed by atoms with Crippen molar-refractivity contribution in [2.24, 2.45) is 10.9 Å². The Balaban J connectivity index is 1.60. The topological polar surface area (TPSA) is 90.8 Å². The Morgan fingerprint density at radius 2 is 1.96 bits per heavy atom. The Bertz CT molecular complexity index is 760. The second-order valence-corrected chi connectivity index (χ2v) is 9.64. The summed E-state index contributed by atoms with van der Waals surface area (Å²) in [7, 11) is -2.88. The molecule has 1 unspecified atom stereocenters. The second kappa shape index (κ2) is 8.37. The predicted molar refractivity (Wildman–Crippen MR) is 103 cm³/mol. The fraction of sp³-hybridized carbons (Fsp3) is 0.706. The molecule has 1 aromatic heterocycles. The van der Waals surface area contributed by atoms with Crippen LogP contribution in [0.4, 0.5) is 10.3 Å². The van der Waals surface area contributed by atoms with Crippen molar-refractivity contribution in [2.75, 3.05) is 49.1 Å². The van der Waals surface area contributed by atoms with Gasteiger partial charge in [0.1, 0.15) is 0 Å². The van der Waals surface area contributed by atoms with Crippen LogP contribution in [0.15, 0.2) is 17.4 Å². The summed E-state index contributed by atoms with van der Waals surface area (Å²) in [5, 5.41) is 3.38. The lowest BCUT2D eigenvalue weighted by Crippen LogP contribution is -2.54. The molecule has 0 amide bonds. The first-order valence-electron chi connectivity index (χ1n) is 9.31. The van der Waals surface area contributed by atoms with E-state index in [4.69, 9.17) is 4.99 Å². The van der Waals surface area contributed by atoms with Gasteiger partial charge in [0.2, 0.25) is 5.95 Å². The van der Waals surface area contributed by atoms with E-state index in [2.05, 4.69) is 34.0 Å². The van der Waals surface area contributed by atoms with Gasteiger partial charge in [0, 0.05) is 38.8 Å². The van der Waals surface area contributed by atoms with E-state index in [9.17, 15) is 12.8 Å². The molecule has 1 N–H and O–H groups in total. The number of guanidine groups is 1. The molecule has 2 aliphatic heterocycles. The third-order valence-electron chi connectivity index (χ3n) is 4.71. The largest absolute Gasteiger partial charge is 0.354 e. The van der Waals surface area contributed by atoms with Crippen LogP contribution in [-0.4, -0.2) is 79.5 Å². The van der Waals surface area contributed by atoms with E-state index in [-0.39, 0.29) is 23.5 Å². The summed E-state index contributed by atoms with van der Waals surface area (Å²) >= 11 is 0. The minimum Gasteiger partial charge on any atom is -0.354 e. The first-order chi connectivity index (χ1) is 12.8. The Labute approximate surface area is 159 Å². The number of piperazine rings is 1. The standard InChI is InChI=1S/C17H27FN6O2S/c1-13(2)22-17(19-9-14-3-8-27(25,26)12-14)24-6-4-23(5-7-24)16-20-10-15(18)11-21-16/h10-11,13-14H,3-9,12H2,1-2H3,(H,19,22). The molecule has 0 aromatic carbocycles. The molecular weight excluding hydrogens is 371 g/mol. The van der Waals surface area contributed by atoms with Crippen LogP contribution in [0, 0.1) is 11.7 Å². The highest BCUT2D eigenvalue weighted by molar-refractivity contribution is 7.91. The molecule has 8 nitrogen and oxygen atoms in total. The second-order valence-electron chi connectivity index (χ2n) is 7.41. The van der Waals surface area contributed by atoms with E-state index in [1.807, 2.05) is 4.90 Å². The summed E-state index contributed by atoms with van der Waals surface area (Å²) in [6.07, 6.45) is 3.05. The molecule has 2 fully saturated rings. The van der Waals surface area contributed by atoms with Crippen LogP contribution in [0.1, 0.15) is 20.3 Å².